The van der Waals surface area contributed by atoms with Gasteiger partial charge in [-0.3, -0.25) is 9.52 Å². The van der Waals surface area contributed by atoms with Gasteiger partial charge in [-0.05, 0) is 35.2 Å². The second kappa shape index (κ2) is 6.60. The first kappa shape index (κ1) is 17.9. The number of rotatable bonds is 4. The monoisotopic (exact) mass is 347 g/mol. The van der Waals surface area contributed by atoms with Crippen LogP contribution in [0.15, 0.2) is 47.5 Å². The highest BCUT2D eigenvalue weighted by molar-refractivity contribution is 7.92. The molecule has 0 unspecified atom stereocenters. The summed E-state index contributed by atoms with van der Waals surface area (Å²) in [6.07, 6.45) is 1.35. The van der Waals surface area contributed by atoms with Crippen molar-refractivity contribution < 1.29 is 13.2 Å². The van der Waals surface area contributed by atoms with Crippen molar-refractivity contribution in [2.24, 2.45) is 0 Å². The number of anilines is 2. The normalized spacial score (nSPS) is 11.8. The molecule has 24 heavy (non-hydrogen) atoms. The Morgan fingerprint density at radius 2 is 1.67 bits per heavy atom. The maximum Gasteiger partial charge on any atom is 0.261 e. The molecule has 0 bridgehead atoms. The fraction of sp³-hybridized carbons (Fsp3) is 0.294. The summed E-state index contributed by atoms with van der Waals surface area (Å²) in [5.41, 5.74) is 1.34. The van der Waals surface area contributed by atoms with Gasteiger partial charge in [0.25, 0.3) is 10.0 Å². The molecule has 2 aromatic rings. The zero-order valence-electron chi connectivity index (χ0n) is 14.1. The molecule has 1 aromatic carbocycles. The molecule has 1 heterocycles. The summed E-state index contributed by atoms with van der Waals surface area (Å²) < 4.78 is 27.3. The van der Waals surface area contributed by atoms with Gasteiger partial charge in [-0.25, -0.2) is 13.4 Å². The standard InChI is InChI=1S/C17H21N3O3S/c1-12(21)19-16-10-7-14(11-18-16)20-24(22,23)15-8-5-13(6-9-15)17(2,3)4/h5-11,20H,1-4H3,(H,18,19,21). The van der Waals surface area contributed by atoms with Crippen LogP contribution in [-0.2, 0) is 20.2 Å². The van der Waals surface area contributed by atoms with Crippen LogP contribution in [0.25, 0.3) is 0 Å². The number of nitrogens with one attached hydrogen (secondary N) is 2. The van der Waals surface area contributed by atoms with Crippen LogP contribution >= 0.6 is 0 Å². The summed E-state index contributed by atoms with van der Waals surface area (Å²) in [5, 5.41) is 2.52. The van der Waals surface area contributed by atoms with Gasteiger partial charge < -0.3 is 5.32 Å². The van der Waals surface area contributed by atoms with Crippen LogP contribution in [0.4, 0.5) is 11.5 Å². The largest absolute Gasteiger partial charge is 0.311 e. The molecule has 128 valence electrons. The zero-order valence-corrected chi connectivity index (χ0v) is 14.9. The number of amides is 1. The van der Waals surface area contributed by atoms with Crippen LogP contribution in [0.3, 0.4) is 0 Å². The number of nitrogens with zero attached hydrogens (tertiary/aromatic N) is 1. The average molecular weight is 347 g/mol. The van der Waals surface area contributed by atoms with Crippen LogP contribution < -0.4 is 10.0 Å². The Morgan fingerprint density at radius 3 is 2.12 bits per heavy atom. The van der Waals surface area contributed by atoms with Gasteiger partial charge >= 0.3 is 0 Å². The lowest BCUT2D eigenvalue weighted by Crippen LogP contribution is -2.15. The quantitative estimate of drug-likeness (QED) is 0.889. The van der Waals surface area contributed by atoms with E-state index in [-0.39, 0.29) is 16.2 Å². The van der Waals surface area contributed by atoms with E-state index in [1.807, 2.05) is 12.1 Å². The number of carbonyl (C=O) groups is 1. The second-order valence-corrected chi connectivity index (χ2v) is 8.18. The van der Waals surface area contributed by atoms with E-state index in [2.05, 4.69) is 35.8 Å². The minimum Gasteiger partial charge on any atom is -0.311 e. The van der Waals surface area contributed by atoms with Gasteiger partial charge in [-0.15, -0.1) is 0 Å². The molecule has 0 aliphatic carbocycles. The predicted octanol–water partition coefficient (Wildman–Crippen LogP) is 3.14. The highest BCUT2D eigenvalue weighted by atomic mass is 32.2. The van der Waals surface area contributed by atoms with Crippen LogP contribution in [0.2, 0.25) is 0 Å². The second-order valence-electron chi connectivity index (χ2n) is 6.49. The predicted molar refractivity (Wildman–Crippen MR) is 94.5 cm³/mol. The van der Waals surface area contributed by atoms with Crippen molar-refractivity contribution in [1.82, 2.24) is 4.98 Å². The minimum absolute atomic E-state index is 0.0425. The van der Waals surface area contributed by atoms with Crippen molar-refractivity contribution in [1.29, 1.82) is 0 Å². The highest BCUT2D eigenvalue weighted by Crippen LogP contribution is 2.24. The topological polar surface area (TPSA) is 88.2 Å². The zero-order chi connectivity index (χ0) is 18.0. The van der Waals surface area contributed by atoms with E-state index in [0.717, 1.165) is 5.56 Å². The first-order valence-electron chi connectivity index (χ1n) is 7.45. The van der Waals surface area contributed by atoms with E-state index in [4.69, 9.17) is 0 Å². The van der Waals surface area contributed by atoms with Gasteiger partial charge in [-0.1, -0.05) is 32.9 Å². The van der Waals surface area contributed by atoms with Crippen LogP contribution in [0.5, 0.6) is 0 Å². The first-order valence-corrected chi connectivity index (χ1v) is 8.93. The van der Waals surface area contributed by atoms with Gasteiger partial charge in [-0.2, -0.15) is 0 Å². The Morgan fingerprint density at radius 1 is 1.04 bits per heavy atom. The number of aromatic nitrogens is 1. The summed E-state index contributed by atoms with van der Waals surface area (Å²) >= 11 is 0. The molecule has 2 rings (SSSR count). The lowest BCUT2D eigenvalue weighted by Gasteiger charge is -2.19. The van der Waals surface area contributed by atoms with E-state index in [0.29, 0.717) is 11.5 Å². The number of carbonyl (C=O) groups excluding carboxylic acids is 1. The molecular formula is C17H21N3O3S. The average Bonchev–Trinajstić information content (AvgIpc) is 2.48. The molecule has 0 fully saturated rings. The van der Waals surface area contributed by atoms with Crippen LogP contribution in [-0.4, -0.2) is 19.3 Å². The Hall–Kier alpha value is -2.41. The maximum absolute atomic E-state index is 12.4. The summed E-state index contributed by atoms with van der Waals surface area (Å²) in [5.74, 6) is 0.120. The number of hydrogen-bond acceptors (Lipinski definition) is 4. The number of pyridine rings is 1. The molecule has 0 atom stereocenters. The van der Waals surface area contributed by atoms with Gasteiger partial charge in [0.1, 0.15) is 5.82 Å². The van der Waals surface area contributed by atoms with Crippen molar-refractivity contribution in [3.05, 3.63) is 48.2 Å². The summed E-state index contributed by atoms with van der Waals surface area (Å²) in [6.45, 7) is 7.57. The molecule has 1 aromatic heterocycles. The molecule has 6 nitrogen and oxygen atoms in total. The van der Waals surface area contributed by atoms with Crippen LogP contribution in [0, 0.1) is 0 Å². The van der Waals surface area contributed by atoms with E-state index in [9.17, 15) is 13.2 Å². The van der Waals surface area contributed by atoms with Crippen molar-refractivity contribution in [2.45, 2.75) is 38.0 Å². The molecule has 0 saturated heterocycles. The maximum atomic E-state index is 12.4. The fourth-order valence-electron chi connectivity index (χ4n) is 2.06. The van der Waals surface area contributed by atoms with Gasteiger partial charge in [0.2, 0.25) is 5.91 Å². The molecule has 7 heteroatoms. The molecular weight excluding hydrogens is 326 g/mol. The van der Waals surface area contributed by atoms with Crippen molar-refractivity contribution in [2.75, 3.05) is 10.0 Å². The molecule has 0 aliphatic heterocycles. The minimum atomic E-state index is -3.69. The number of hydrogen-bond donors (Lipinski definition) is 2. The third kappa shape index (κ3) is 4.55. The van der Waals surface area contributed by atoms with E-state index >= 15 is 0 Å². The van der Waals surface area contributed by atoms with Gasteiger partial charge in [0.15, 0.2) is 0 Å². The fourth-order valence-corrected chi connectivity index (χ4v) is 3.10. The lowest BCUT2D eigenvalue weighted by molar-refractivity contribution is -0.114. The highest BCUT2D eigenvalue weighted by Gasteiger charge is 2.17. The molecule has 0 spiro atoms. The molecule has 2 N–H and O–H groups in total. The summed E-state index contributed by atoms with van der Waals surface area (Å²) in [4.78, 5) is 15.1. The smallest absolute Gasteiger partial charge is 0.261 e. The third-order valence-corrected chi connectivity index (χ3v) is 4.75. The Bertz CT molecular complexity index is 821. The third-order valence-electron chi connectivity index (χ3n) is 3.35. The molecule has 1 amide bonds. The Kier molecular flexibility index (Phi) is 4.94. The van der Waals surface area contributed by atoms with Gasteiger partial charge in [0.05, 0.1) is 16.8 Å². The van der Waals surface area contributed by atoms with E-state index in [1.54, 1.807) is 18.2 Å². The number of benzene rings is 1. The summed E-state index contributed by atoms with van der Waals surface area (Å²) in [7, 11) is -3.69. The first-order chi connectivity index (χ1) is 11.1. The van der Waals surface area contributed by atoms with E-state index in [1.165, 1.54) is 19.2 Å². The Balaban J connectivity index is 2.17. The van der Waals surface area contributed by atoms with Gasteiger partial charge in [0, 0.05) is 6.92 Å². The van der Waals surface area contributed by atoms with Crippen molar-refractivity contribution in [3.63, 3.8) is 0 Å². The molecule has 0 aliphatic rings. The van der Waals surface area contributed by atoms with E-state index < -0.39 is 10.0 Å². The summed E-state index contributed by atoms with van der Waals surface area (Å²) in [6, 6.07) is 9.87. The Labute approximate surface area is 142 Å². The molecule has 0 saturated carbocycles. The lowest BCUT2D eigenvalue weighted by atomic mass is 9.87. The molecule has 0 radical (unpaired) electrons. The number of sulfonamides is 1. The van der Waals surface area contributed by atoms with Crippen LogP contribution in [0.1, 0.15) is 33.3 Å². The van der Waals surface area contributed by atoms with Crippen molar-refractivity contribution in [3.8, 4) is 0 Å². The SMILES string of the molecule is CC(=O)Nc1ccc(NS(=O)(=O)c2ccc(C(C)(C)C)cc2)cn1. The van der Waals surface area contributed by atoms with Crippen molar-refractivity contribution >= 4 is 27.4 Å².